The number of rotatable bonds is 7. The van der Waals surface area contributed by atoms with Crippen LogP contribution in [0, 0.1) is 25.2 Å². The Labute approximate surface area is 177 Å². The number of carbonyl (C=O) groups excluding carboxylic acids is 2. The Hall–Kier alpha value is -3.59. The summed E-state index contributed by atoms with van der Waals surface area (Å²) in [6.45, 7) is 5.45. The van der Waals surface area contributed by atoms with Gasteiger partial charge in [-0.25, -0.2) is 4.79 Å². The first kappa shape index (κ1) is 22.7. The highest BCUT2D eigenvalue weighted by Crippen LogP contribution is 2.17. The molecular weight excluding hydrogens is 378 g/mol. The van der Waals surface area contributed by atoms with Crippen LogP contribution in [0.2, 0.25) is 0 Å². The van der Waals surface area contributed by atoms with Crippen LogP contribution in [0.4, 0.5) is 5.69 Å². The van der Waals surface area contributed by atoms with Crippen LogP contribution in [-0.2, 0) is 14.3 Å². The van der Waals surface area contributed by atoms with Gasteiger partial charge in [0.2, 0.25) is 0 Å². The molecule has 30 heavy (non-hydrogen) atoms. The minimum absolute atomic E-state index is 0.164. The second-order valence-corrected chi connectivity index (χ2v) is 7.36. The third-order valence-electron chi connectivity index (χ3n) is 4.80. The molecule has 1 N–H and O–H groups in total. The van der Waals surface area contributed by atoms with Gasteiger partial charge >= 0.3 is 5.97 Å². The first-order chi connectivity index (χ1) is 14.2. The Morgan fingerprint density at radius 2 is 1.80 bits per heavy atom. The van der Waals surface area contributed by atoms with Crippen molar-refractivity contribution in [2.24, 2.45) is 0 Å². The Bertz CT molecular complexity index is 986. The highest BCUT2D eigenvalue weighted by atomic mass is 16.5. The van der Waals surface area contributed by atoms with Gasteiger partial charge in [0.25, 0.3) is 5.91 Å². The number of nitrogens with zero attached hydrogens (tertiary/aromatic N) is 2. The number of aryl methyl sites for hydroxylation is 2. The average molecular weight is 405 g/mol. The van der Waals surface area contributed by atoms with E-state index < -0.39 is 18.5 Å². The fourth-order valence-electron chi connectivity index (χ4n) is 2.78. The average Bonchev–Trinajstić information content (AvgIpc) is 2.72. The van der Waals surface area contributed by atoms with E-state index in [4.69, 9.17) is 4.74 Å². The molecule has 0 aromatic heterocycles. The van der Waals surface area contributed by atoms with Gasteiger partial charge in [0.05, 0.1) is 6.04 Å². The lowest BCUT2D eigenvalue weighted by molar-refractivity contribution is -0.144. The summed E-state index contributed by atoms with van der Waals surface area (Å²) < 4.78 is 5.02. The summed E-state index contributed by atoms with van der Waals surface area (Å²) in [4.78, 5) is 26.3. The molecule has 0 aliphatic carbocycles. The Morgan fingerprint density at radius 1 is 1.13 bits per heavy atom. The van der Waals surface area contributed by atoms with Crippen molar-refractivity contribution in [3.63, 3.8) is 0 Å². The van der Waals surface area contributed by atoms with Gasteiger partial charge in [0, 0.05) is 19.8 Å². The van der Waals surface area contributed by atoms with Crippen LogP contribution < -0.4 is 10.2 Å². The Balaban J connectivity index is 1.94. The lowest BCUT2D eigenvalue weighted by Gasteiger charge is -2.15. The number of nitrogens with one attached hydrogen (secondary N) is 1. The molecule has 2 aromatic rings. The molecule has 0 spiro atoms. The molecule has 6 nitrogen and oxygen atoms in total. The number of anilines is 1. The van der Waals surface area contributed by atoms with Gasteiger partial charge in [0.15, 0.2) is 6.61 Å². The van der Waals surface area contributed by atoms with Crippen molar-refractivity contribution in [2.45, 2.75) is 26.8 Å². The van der Waals surface area contributed by atoms with Gasteiger partial charge < -0.3 is 15.0 Å². The molecule has 2 aromatic carbocycles. The number of hydrogen-bond acceptors (Lipinski definition) is 5. The van der Waals surface area contributed by atoms with E-state index >= 15 is 0 Å². The molecule has 1 atom stereocenters. The van der Waals surface area contributed by atoms with Gasteiger partial charge in [-0.05, 0) is 61.2 Å². The van der Waals surface area contributed by atoms with E-state index in [9.17, 15) is 14.9 Å². The van der Waals surface area contributed by atoms with E-state index in [0.717, 1.165) is 16.8 Å². The quantitative estimate of drug-likeness (QED) is 0.431. The molecule has 0 fully saturated rings. The maximum atomic E-state index is 12.2. The summed E-state index contributed by atoms with van der Waals surface area (Å²) in [5.41, 5.74) is 4.82. The molecule has 1 amide bonds. The molecule has 2 rings (SSSR count). The molecule has 0 aliphatic rings. The molecule has 0 saturated heterocycles. The van der Waals surface area contributed by atoms with Crippen LogP contribution in [-0.4, -0.2) is 32.6 Å². The zero-order valence-corrected chi connectivity index (χ0v) is 18.0. The van der Waals surface area contributed by atoms with Gasteiger partial charge in [-0.2, -0.15) is 5.26 Å². The molecule has 0 saturated carbocycles. The molecule has 0 radical (unpaired) electrons. The first-order valence-electron chi connectivity index (χ1n) is 9.64. The van der Waals surface area contributed by atoms with Gasteiger partial charge in [0.1, 0.15) is 11.6 Å². The van der Waals surface area contributed by atoms with Crippen molar-refractivity contribution in [3.05, 3.63) is 70.3 Å². The highest BCUT2D eigenvalue weighted by molar-refractivity contribution is 5.98. The van der Waals surface area contributed by atoms with E-state index in [0.29, 0.717) is 5.56 Å². The van der Waals surface area contributed by atoms with Crippen molar-refractivity contribution in [2.75, 3.05) is 25.6 Å². The lowest BCUT2D eigenvalue weighted by Crippen LogP contribution is -2.31. The summed E-state index contributed by atoms with van der Waals surface area (Å²) in [5.74, 6) is -1.26. The standard InChI is InChI=1S/C24H27N3O3/c1-16-6-9-20(12-17(16)2)18(3)26-23(28)15-30-24(29)21(14-25)13-19-7-10-22(11-8-19)27(4)5/h6-13,18H,15H2,1-5H3,(H,26,28)/b21-13+/t18-/m1/s1. The number of benzene rings is 2. The predicted molar refractivity (Wildman–Crippen MR) is 118 cm³/mol. The molecule has 0 unspecified atom stereocenters. The molecule has 0 aliphatic heterocycles. The van der Waals surface area contributed by atoms with Crippen molar-refractivity contribution in [1.82, 2.24) is 5.32 Å². The summed E-state index contributed by atoms with van der Waals surface area (Å²) in [6.07, 6.45) is 1.44. The largest absolute Gasteiger partial charge is 0.451 e. The van der Waals surface area contributed by atoms with Crippen molar-refractivity contribution >= 4 is 23.6 Å². The summed E-state index contributed by atoms with van der Waals surface area (Å²) >= 11 is 0. The lowest BCUT2D eigenvalue weighted by atomic mass is 10.0. The number of hydrogen-bond donors (Lipinski definition) is 1. The summed E-state index contributed by atoms with van der Waals surface area (Å²) in [7, 11) is 3.85. The third kappa shape index (κ3) is 6.21. The highest BCUT2D eigenvalue weighted by Gasteiger charge is 2.15. The van der Waals surface area contributed by atoms with Gasteiger partial charge in [-0.3, -0.25) is 4.79 Å². The SMILES string of the molecule is Cc1ccc([C@@H](C)NC(=O)COC(=O)/C(C#N)=C/c2ccc(N(C)C)cc2)cc1C. The smallest absolute Gasteiger partial charge is 0.349 e. The van der Waals surface area contributed by atoms with E-state index in [2.05, 4.69) is 5.32 Å². The number of carbonyl (C=O) groups is 2. The number of ether oxygens (including phenoxy) is 1. The second kappa shape index (κ2) is 10.3. The number of amides is 1. The predicted octanol–water partition coefficient (Wildman–Crippen LogP) is 3.70. The van der Waals surface area contributed by atoms with Crippen LogP contribution in [0.3, 0.4) is 0 Å². The minimum Gasteiger partial charge on any atom is -0.451 e. The molecule has 156 valence electrons. The molecule has 6 heteroatoms. The zero-order chi connectivity index (χ0) is 22.3. The monoisotopic (exact) mass is 405 g/mol. The van der Waals surface area contributed by atoms with Gasteiger partial charge in [-0.15, -0.1) is 0 Å². The van der Waals surface area contributed by atoms with Gasteiger partial charge in [-0.1, -0.05) is 30.3 Å². The van der Waals surface area contributed by atoms with Crippen LogP contribution in [0.5, 0.6) is 0 Å². The molecule has 0 bridgehead atoms. The van der Waals surface area contributed by atoms with Crippen molar-refractivity contribution in [1.29, 1.82) is 5.26 Å². The summed E-state index contributed by atoms with van der Waals surface area (Å²) in [6, 6.07) is 15.0. The fraction of sp³-hybridized carbons (Fsp3) is 0.292. The fourth-order valence-corrected chi connectivity index (χ4v) is 2.78. The van der Waals surface area contributed by atoms with Crippen LogP contribution in [0.1, 0.15) is 35.2 Å². The van der Waals surface area contributed by atoms with Crippen LogP contribution in [0.15, 0.2) is 48.0 Å². The zero-order valence-electron chi connectivity index (χ0n) is 18.0. The maximum absolute atomic E-state index is 12.2. The van der Waals surface area contributed by atoms with Crippen LogP contribution in [0.25, 0.3) is 6.08 Å². The van der Waals surface area contributed by atoms with Crippen molar-refractivity contribution < 1.29 is 14.3 Å². The first-order valence-corrected chi connectivity index (χ1v) is 9.64. The van der Waals surface area contributed by atoms with E-state index in [1.165, 1.54) is 11.6 Å². The van der Waals surface area contributed by atoms with E-state index in [1.807, 2.05) is 76.2 Å². The molecule has 0 heterocycles. The summed E-state index contributed by atoms with van der Waals surface area (Å²) in [5, 5.41) is 12.1. The third-order valence-corrected chi connectivity index (χ3v) is 4.80. The maximum Gasteiger partial charge on any atom is 0.349 e. The Kier molecular flexibility index (Phi) is 7.76. The normalized spacial score (nSPS) is 11.9. The molecular formula is C24H27N3O3. The van der Waals surface area contributed by atoms with E-state index in [1.54, 1.807) is 12.1 Å². The van der Waals surface area contributed by atoms with Crippen LogP contribution >= 0.6 is 0 Å². The second-order valence-electron chi connectivity index (χ2n) is 7.36. The number of esters is 1. The minimum atomic E-state index is -0.830. The van der Waals surface area contributed by atoms with Crippen molar-refractivity contribution in [3.8, 4) is 6.07 Å². The number of nitriles is 1. The topological polar surface area (TPSA) is 82.4 Å². The van der Waals surface area contributed by atoms with E-state index in [-0.39, 0.29) is 11.6 Å². The Morgan fingerprint density at radius 3 is 2.37 bits per heavy atom.